The van der Waals surface area contributed by atoms with E-state index >= 15 is 0 Å². The van der Waals surface area contributed by atoms with Gasteiger partial charge in [-0.25, -0.2) is 4.79 Å². The number of benzene rings is 1. The van der Waals surface area contributed by atoms with Crippen molar-refractivity contribution in [3.63, 3.8) is 0 Å². The Hall–Kier alpha value is -1.81. The molecule has 0 radical (unpaired) electrons. The van der Waals surface area contributed by atoms with Crippen LogP contribution in [0.2, 0.25) is 0 Å². The minimum atomic E-state index is -0.210. The third kappa shape index (κ3) is 2.14. The van der Waals surface area contributed by atoms with Crippen molar-refractivity contribution in [3.05, 3.63) is 34.5 Å². The highest BCUT2D eigenvalue weighted by Gasteiger charge is 2.24. The zero-order valence-corrected chi connectivity index (χ0v) is 13.2. The molecular weight excluding hydrogens is 264 g/mol. The van der Waals surface area contributed by atoms with Gasteiger partial charge in [-0.2, -0.15) is 0 Å². The Morgan fingerprint density at radius 2 is 1.90 bits per heavy atom. The van der Waals surface area contributed by atoms with E-state index in [1.807, 2.05) is 13.8 Å². The average molecular weight is 286 g/mol. The predicted octanol–water partition coefficient (Wildman–Crippen LogP) is 3.09. The highest BCUT2D eigenvalue weighted by molar-refractivity contribution is 6.06. The zero-order valence-electron chi connectivity index (χ0n) is 13.2. The molecule has 0 bridgehead atoms. The van der Waals surface area contributed by atoms with Crippen LogP contribution in [0.5, 0.6) is 0 Å². The fraction of sp³-hybridized carbons (Fsp3) is 0.471. The van der Waals surface area contributed by atoms with Gasteiger partial charge in [0.25, 0.3) is 0 Å². The molecule has 0 fully saturated rings. The van der Waals surface area contributed by atoms with E-state index in [0.717, 1.165) is 41.8 Å². The molecule has 0 atom stereocenters. The summed E-state index contributed by atoms with van der Waals surface area (Å²) < 4.78 is 7.46. The molecule has 0 spiro atoms. The van der Waals surface area contributed by atoms with Crippen molar-refractivity contribution in [2.75, 3.05) is 13.7 Å². The first-order chi connectivity index (χ1) is 10.1. The van der Waals surface area contributed by atoms with E-state index in [4.69, 9.17) is 4.74 Å². The fourth-order valence-corrected chi connectivity index (χ4v) is 3.41. The molecule has 2 aromatic rings. The standard InChI is InChI=1S/C17H22N2O2/c1-5-19-11(3)16(17(20)21-6-2)14-7-12-9-18(4)10-13(12)8-15(14)19/h7-8H,5-6,9-10H2,1-4H3. The third-order valence-electron chi connectivity index (χ3n) is 4.32. The Morgan fingerprint density at radius 1 is 1.24 bits per heavy atom. The van der Waals surface area contributed by atoms with Crippen molar-refractivity contribution in [1.82, 2.24) is 9.47 Å². The second-order valence-electron chi connectivity index (χ2n) is 5.74. The normalized spacial score (nSPS) is 14.7. The van der Waals surface area contributed by atoms with Crippen LogP contribution in [0, 0.1) is 6.92 Å². The molecule has 0 saturated carbocycles. The molecule has 1 aliphatic rings. The molecule has 2 heterocycles. The van der Waals surface area contributed by atoms with Crippen LogP contribution in [0.25, 0.3) is 10.9 Å². The summed E-state index contributed by atoms with van der Waals surface area (Å²) in [5, 5.41) is 1.03. The van der Waals surface area contributed by atoms with Gasteiger partial charge in [0.05, 0.1) is 12.2 Å². The van der Waals surface area contributed by atoms with E-state index < -0.39 is 0 Å². The number of aryl methyl sites for hydroxylation is 1. The van der Waals surface area contributed by atoms with E-state index in [-0.39, 0.29) is 5.97 Å². The Kier molecular flexibility index (Phi) is 3.49. The molecule has 4 heteroatoms. The molecule has 112 valence electrons. The van der Waals surface area contributed by atoms with Crippen LogP contribution in [0.4, 0.5) is 0 Å². The number of carbonyl (C=O) groups is 1. The summed E-state index contributed by atoms with van der Waals surface area (Å²) in [6.07, 6.45) is 0. The highest BCUT2D eigenvalue weighted by atomic mass is 16.5. The third-order valence-corrected chi connectivity index (χ3v) is 4.32. The van der Waals surface area contributed by atoms with Gasteiger partial charge in [0, 0.05) is 36.2 Å². The summed E-state index contributed by atoms with van der Waals surface area (Å²) in [4.78, 5) is 14.6. The molecule has 3 rings (SSSR count). The Bertz CT molecular complexity index is 715. The second kappa shape index (κ2) is 5.19. The lowest BCUT2D eigenvalue weighted by Crippen LogP contribution is -2.08. The fourth-order valence-electron chi connectivity index (χ4n) is 3.41. The lowest BCUT2D eigenvalue weighted by atomic mass is 10.0. The van der Waals surface area contributed by atoms with Gasteiger partial charge in [0.15, 0.2) is 0 Å². The van der Waals surface area contributed by atoms with E-state index in [2.05, 4.69) is 35.6 Å². The predicted molar refractivity (Wildman–Crippen MR) is 83.5 cm³/mol. The summed E-state index contributed by atoms with van der Waals surface area (Å²) in [5.41, 5.74) is 5.57. The number of hydrogen-bond donors (Lipinski definition) is 0. The number of ether oxygens (including phenoxy) is 1. The van der Waals surface area contributed by atoms with Gasteiger partial charge >= 0.3 is 5.97 Å². The highest BCUT2D eigenvalue weighted by Crippen LogP contribution is 2.32. The summed E-state index contributed by atoms with van der Waals surface area (Å²) in [6.45, 7) is 9.16. The van der Waals surface area contributed by atoms with Crippen molar-refractivity contribution in [1.29, 1.82) is 0 Å². The van der Waals surface area contributed by atoms with Crippen LogP contribution < -0.4 is 0 Å². The van der Waals surface area contributed by atoms with E-state index in [1.165, 1.54) is 11.1 Å². The Labute approximate surface area is 125 Å². The molecule has 0 N–H and O–H groups in total. The summed E-state index contributed by atoms with van der Waals surface area (Å²) in [7, 11) is 2.12. The van der Waals surface area contributed by atoms with Crippen LogP contribution in [0.3, 0.4) is 0 Å². The molecule has 0 unspecified atom stereocenters. The molecule has 4 nitrogen and oxygen atoms in total. The molecule has 0 aliphatic carbocycles. The van der Waals surface area contributed by atoms with Crippen LogP contribution in [0.15, 0.2) is 12.1 Å². The maximum atomic E-state index is 12.3. The van der Waals surface area contributed by atoms with Gasteiger partial charge < -0.3 is 9.30 Å². The maximum Gasteiger partial charge on any atom is 0.340 e. The SMILES string of the molecule is CCOC(=O)c1c(C)n(CC)c2cc3c(cc12)CN(C)C3. The van der Waals surface area contributed by atoms with Crippen LogP contribution >= 0.6 is 0 Å². The van der Waals surface area contributed by atoms with Crippen molar-refractivity contribution in [2.45, 2.75) is 40.4 Å². The van der Waals surface area contributed by atoms with Gasteiger partial charge in [0.2, 0.25) is 0 Å². The van der Waals surface area contributed by atoms with Gasteiger partial charge in [-0.1, -0.05) is 0 Å². The van der Waals surface area contributed by atoms with Crippen LogP contribution in [-0.4, -0.2) is 29.1 Å². The smallest absolute Gasteiger partial charge is 0.340 e. The largest absolute Gasteiger partial charge is 0.462 e. The molecule has 1 aliphatic heterocycles. The molecule has 21 heavy (non-hydrogen) atoms. The van der Waals surface area contributed by atoms with Crippen LogP contribution in [-0.2, 0) is 24.4 Å². The van der Waals surface area contributed by atoms with Gasteiger partial charge in [0.1, 0.15) is 0 Å². The Morgan fingerprint density at radius 3 is 2.52 bits per heavy atom. The lowest BCUT2D eigenvalue weighted by Gasteiger charge is -2.05. The molecule has 1 aromatic carbocycles. The average Bonchev–Trinajstić information content (AvgIpc) is 2.91. The lowest BCUT2D eigenvalue weighted by molar-refractivity contribution is 0.0527. The second-order valence-corrected chi connectivity index (χ2v) is 5.74. The van der Waals surface area contributed by atoms with Crippen molar-refractivity contribution >= 4 is 16.9 Å². The van der Waals surface area contributed by atoms with E-state index in [9.17, 15) is 4.79 Å². The number of carbonyl (C=O) groups excluding carboxylic acids is 1. The monoisotopic (exact) mass is 286 g/mol. The summed E-state index contributed by atoms with van der Waals surface area (Å²) >= 11 is 0. The Balaban J connectivity index is 2.25. The van der Waals surface area contributed by atoms with Gasteiger partial charge in [-0.05, 0) is 51.1 Å². The number of fused-ring (bicyclic) bond motifs is 2. The molecular formula is C17H22N2O2. The summed E-state index contributed by atoms with van der Waals surface area (Å²) in [6, 6.07) is 4.42. The molecule has 0 saturated heterocycles. The topological polar surface area (TPSA) is 34.5 Å². The quantitative estimate of drug-likeness (QED) is 0.813. The molecule has 0 amide bonds. The van der Waals surface area contributed by atoms with Gasteiger partial charge in [-0.15, -0.1) is 0 Å². The van der Waals surface area contributed by atoms with E-state index in [0.29, 0.717) is 6.61 Å². The zero-order chi connectivity index (χ0) is 15.1. The summed E-state index contributed by atoms with van der Waals surface area (Å²) in [5.74, 6) is -0.210. The molecule has 1 aromatic heterocycles. The first kappa shape index (κ1) is 14.1. The maximum absolute atomic E-state index is 12.3. The number of hydrogen-bond acceptors (Lipinski definition) is 3. The minimum absolute atomic E-state index is 0.210. The van der Waals surface area contributed by atoms with Crippen molar-refractivity contribution in [3.8, 4) is 0 Å². The first-order valence-electron chi connectivity index (χ1n) is 7.57. The number of rotatable bonds is 3. The van der Waals surface area contributed by atoms with Crippen molar-refractivity contribution < 1.29 is 9.53 Å². The van der Waals surface area contributed by atoms with Crippen LogP contribution in [0.1, 0.15) is 41.0 Å². The van der Waals surface area contributed by atoms with Crippen molar-refractivity contribution in [2.24, 2.45) is 0 Å². The number of aromatic nitrogens is 1. The van der Waals surface area contributed by atoms with Gasteiger partial charge in [-0.3, -0.25) is 4.90 Å². The minimum Gasteiger partial charge on any atom is -0.462 e. The number of esters is 1. The number of nitrogens with zero attached hydrogens (tertiary/aromatic N) is 2. The van der Waals surface area contributed by atoms with E-state index in [1.54, 1.807) is 0 Å². The first-order valence-corrected chi connectivity index (χ1v) is 7.57.